The molecule has 0 N–H and O–H groups in total. The van der Waals surface area contributed by atoms with Gasteiger partial charge >= 0.3 is 0 Å². The van der Waals surface area contributed by atoms with Crippen LogP contribution in [0, 0.1) is 0 Å². The number of benzene rings is 2. The number of ketones is 1. The minimum Gasteiger partial charge on any atom is -0.493 e. The lowest BCUT2D eigenvalue weighted by Gasteiger charge is -2.28. The first-order chi connectivity index (χ1) is 14.0. The maximum Gasteiger partial charge on any atom is 0.185 e. The molecule has 0 aromatic heterocycles. The van der Waals surface area contributed by atoms with Crippen LogP contribution in [-0.4, -0.2) is 45.3 Å². The first-order valence-corrected chi connectivity index (χ1v) is 10.0. The molecule has 3 rings (SSSR count). The van der Waals surface area contributed by atoms with E-state index in [1.54, 1.807) is 25.3 Å². The number of allylic oxidation sites excluding steroid dienone is 1. The maximum atomic E-state index is 12.5. The predicted octanol–water partition coefficient (Wildman–Crippen LogP) is 4.87. The van der Waals surface area contributed by atoms with Crippen molar-refractivity contribution in [2.75, 3.05) is 38.3 Å². The Morgan fingerprint density at radius 2 is 1.86 bits per heavy atom. The predicted molar refractivity (Wildman–Crippen MR) is 117 cm³/mol. The minimum atomic E-state index is -0.0730. The van der Waals surface area contributed by atoms with E-state index in [1.807, 2.05) is 38.1 Å². The summed E-state index contributed by atoms with van der Waals surface area (Å²) in [7, 11) is 1.56. The highest BCUT2D eigenvalue weighted by molar-refractivity contribution is 6.32. The second-order valence-electron chi connectivity index (χ2n) is 7.04. The number of halogens is 1. The number of anilines is 1. The van der Waals surface area contributed by atoms with Crippen LogP contribution in [0.5, 0.6) is 11.5 Å². The summed E-state index contributed by atoms with van der Waals surface area (Å²) in [6.45, 7) is 7.05. The number of ether oxygens (including phenoxy) is 3. The number of carbonyl (C=O) groups is 1. The summed E-state index contributed by atoms with van der Waals surface area (Å²) in [5, 5.41) is 0.444. The normalized spacial score (nSPS) is 14.4. The molecule has 0 radical (unpaired) electrons. The van der Waals surface area contributed by atoms with Gasteiger partial charge in [-0.1, -0.05) is 17.7 Å². The van der Waals surface area contributed by atoms with Gasteiger partial charge in [0.25, 0.3) is 0 Å². The zero-order valence-corrected chi connectivity index (χ0v) is 17.7. The van der Waals surface area contributed by atoms with Gasteiger partial charge in [0.1, 0.15) is 0 Å². The Morgan fingerprint density at radius 1 is 1.17 bits per heavy atom. The molecule has 1 heterocycles. The lowest BCUT2D eigenvalue weighted by Crippen LogP contribution is -2.36. The molecule has 0 saturated carbocycles. The molecule has 2 aromatic carbocycles. The average molecular weight is 416 g/mol. The van der Waals surface area contributed by atoms with Gasteiger partial charge in [0.05, 0.1) is 31.5 Å². The molecule has 0 atom stereocenters. The van der Waals surface area contributed by atoms with Gasteiger partial charge in [-0.3, -0.25) is 4.79 Å². The molecule has 1 saturated heterocycles. The smallest absolute Gasteiger partial charge is 0.185 e. The van der Waals surface area contributed by atoms with E-state index in [9.17, 15) is 4.79 Å². The maximum absolute atomic E-state index is 12.5. The van der Waals surface area contributed by atoms with Crippen LogP contribution >= 0.6 is 11.6 Å². The Bertz CT molecular complexity index is 871. The van der Waals surface area contributed by atoms with Crippen molar-refractivity contribution in [2.45, 2.75) is 20.0 Å². The van der Waals surface area contributed by atoms with Gasteiger partial charge in [0.15, 0.2) is 17.3 Å². The summed E-state index contributed by atoms with van der Waals surface area (Å²) in [6.07, 6.45) is 3.24. The summed E-state index contributed by atoms with van der Waals surface area (Å²) in [5.41, 5.74) is 2.50. The van der Waals surface area contributed by atoms with Crippen molar-refractivity contribution in [2.24, 2.45) is 0 Å². The Morgan fingerprint density at radius 3 is 2.48 bits per heavy atom. The van der Waals surface area contributed by atoms with Crippen LogP contribution in [0.25, 0.3) is 6.08 Å². The number of methoxy groups -OCH3 is 1. The van der Waals surface area contributed by atoms with Crippen molar-refractivity contribution in [3.05, 3.63) is 58.6 Å². The molecule has 1 fully saturated rings. The van der Waals surface area contributed by atoms with Crippen molar-refractivity contribution in [3.63, 3.8) is 0 Å². The van der Waals surface area contributed by atoms with Crippen molar-refractivity contribution in [1.29, 1.82) is 0 Å². The van der Waals surface area contributed by atoms with Crippen LogP contribution in [-0.2, 0) is 4.74 Å². The van der Waals surface area contributed by atoms with Gasteiger partial charge < -0.3 is 19.1 Å². The third-order valence-electron chi connectivity index (χ3n) is 4.56. The number of hydrogen-bond acceptors (Lipinski definition) is 5. The Balaban J connectivity index is 1.72. The quantitative estimate of drug-likeness (QED) is 0.477. The van der Waals surface area contributed by atoms with Crippen molar-refractivity contribution < 1.29 is 19.0 Å². The van der Waals surface area contributed by atoms with Crippen LogP contribution in [0.15, 0.2) is 42.5 Å². The Kier molecular flexibility index (Phi) is 7.18. The third kappa shape index (κ3) is 5.52. The highest BCUT2D eigenvalue weighted by Crippen LogP contribution is 2.37. The Hall–Kier alpha value is -2.50. The van der Waals surface area contributed by atoms with Crippen LogP contribution in [0.3, 0.4) is 0 Å². The van der Waals surface area contributed by atoms with Crippen LogP contribution < -0.4 is 14.4 Å². The van der Waals surface area contributed by atoms with E-state index in [2.05, 4.69) is 4.90 Å². The van der Waals surface area contributed by atoms with Crippen LogP contribution in [0.4, 0.5) is 5.69 Å². The zero-order valence-electron chi connectivity index (χ0n) is 17.0. The average Bonchev–Trinajstić information content (AvgIpc) is 2.74. The number of carbonyl (C=O) groups excluding carboxylic acids is 1. The van der Waals surface area contributed by atoms with E-state index in [4.69, 9.17) is 25.8 Å². The number of hydrogen-bond donors (Lipinski definition) is 0. The number of morpholine rings is 1. The standard InChI is InChI=1S/C23H26ClNO4/c1-16(2)29-23-20(24)14-17(15-22(23)27-3)4-9-21(26)18-5-7-19(8-6-18)25-10-12-28-13-11-25/h4-9,14-16H,10-13H2,1-3H3/b9-4+. The van der Waals surface area contributed by atoms with E-state index in [0.717, 1.165) is 37.6 Å². The summed E-state index contributed by atoms with van der Waals surface area (Å²) in [6, 6.07) is 11.2. The summed E-state index contributed by atoms with van der Waals surface area (Å²) < 4.78 is 16.5. The molecule has 0 bridgehead atoms. The fourth-order valence-electron chi connectivity index (χ4n) is 3.11. The van der Waals surface area contributed by atoms with Crippen LogP contribution in [0.2, 0.25) is 5.02 Å². The monoisotopic (exact) mass is 415 g/mol. The highest BCUT2D eigenvalue weighted by Gasteiger charge is 2.14. The molecular weight excluding hydrogens is 390 g/mol. The van der Waals surface area contributed by atoms with Crippen molar-refractivity contribution in [1.82, 2.24) is 0 Å². The first kappa shape index (κ1) is 21.2. The lowest BCUT2D eigenvalue weighted by molar-refractivity contribution is 0.104. The summed E-state index contributed by atoms with van der Waals surface area (Å²) >= 11 is 6.34. The molecule has 0 aliphatic carbocycles. The molecule has 0 amide bonds. The highest BCUT2D eigenvalue weighted by atomic mass is 35.5. The number of rotatable bonds is 7. The van der Waals surface area contributed by atoms with E-state index in [1.165, 1.54) is 6.08 Å². The molecule has 1 aliphatic rings. The molecular formula is C23H26ClNO4. The van der Waals surface area contributed by atoms with Crippen molar-refractivity contribution >= 4 is 29.1 Å². The Labute approximate surface area is 176 Å². The van der Waals surface area contributed by atoms with E-state index in [-0.39, 0.29) is 11.9 Å². The summed E-state index contributed by atoms with van der Waals surface area (Å²) in [5.74, 6) is 0.968. The van der Waals surface area contributed by atoms with Gasteiger partial charge in [-0.25, -0.2) is 0 Å². The van der Waals surface area contributed by atoms with Crippen LogP contribution in [0.1, 0.15) is 29.8 Å². The molecule has 6 heteroatoms. The van der Waals surface area contributed by atoms with E-state index >= 15 is 0 Å². The van der Waals surface area contributed by atoms with Gasteiger partial charge in [-0.15, -0.1) is 0 Å². The molecule has 5 nitrogen and oxygen atoms in total. The fraction of sp³-hybridized carbons (Fsp3) is 0.348. The summed E-state index contributed by atoms with van der Waals surface area (Å²) in [4.78, 5) is 14.8. The molecule has 29 heavy (non-hydrogen) atoms. The van der Waals surface area contributed by atoms with Gasteiger partial charge in [-0.2, -0.15) is 0 Å². The van der Waals surface area contributed by atoms with Crippen molar-refractivity contribution in [3.8, 4) is 11.5 Å². The van der Waals surface area contributed by atoms with Gasteiger partial charge in [-0.05, 0) is 61.9 Å². The van der Waals surface area contributed by atoms with E-state index < -0.39 is 0 Å². The third-order valence-corrected chi connectivity index (χ3v) is 4.84. The lowest BCUT2D eigenvalue weighted by atomic mass is 10.1. The topological polar surface area (TPSA) is 48.0 Å². The first-order valence-electron chi connectivity index (χ1n) is 9.67. The molecule has 154 valence electrons. The zero-order chi connectivity index (χ0) is 20.8. The fourth-order valence-corrected chi connectivity index (χ4v) is 3.38. The minimum absolute atomic E-state index is 0.0233. The van der Waals surface area contributed by atoms with Gasteiger partial charge in [0.2, 0.25) is 0 Å². The SMILES string of the molecule is COc1cc(/C=C/C(=O)c2ccc(N3CCOCC3)cc2)cc(Cl)c1OC(C)C. The molecule has 1 aliphatic heterocycles. The largest absolute Gasteiger partial charge is 0.493 e. The molecule has 2 aromatic rings. The number of nitrogens with zero attached hydrogens (tertiary/aromatic N) is 1. The van der Waals surface area contributed by atoms with E-state index in [0.29, 0.717) is 22.1 Å². The molecule has 0 unspecified atom stereocenters. The molecule has 0 spiro atoms. The second-order valence-corrected chi connectivity index (χ2v) is 7.45. The second kappa shape index (κ2) is 9.81. The van der Waals surface area contributed by atoms with Gasteiger partial charge in [0, 0.05) is 24.3 Å².